The molecule has 0 radical (unpaired) electrons. The average Bonchev–Trinajstić information content (AvgIpc) is 2.57. The van der Waals surface area contributed by atoms with E-state index in [1.54, 1.807) is 13.0 Å². The van der Waals surface area contributed by atoms with Crippen molar-refractivity contribution in [2.45, 2.75) is 33.1 Å². The van der Waals surface area contributed by atoms with Crippen LogP contribution in [-0.2, 0) is 16.0 Å². The zero-order valence-electron chi connectivity index (χ0n) is 14.0. The fraction of sp³-hybridized carbons (Fsp3) is 0.316. The maximum atomic E-state index is 12.1. The molecule has 0 aliphatic heterocycles. The van der Waals surface area contributed by atoms with Crippen molar-refractivity contribution in [3.63, 3.8) is 0 Å². The number of amides is 1. The van der Waals surface area contributed by atoms with Gasteiger partial charge in [-0.05, 0) is 38.3 Å². The molecule has 0 unspecified atom stereocenters. The van der Waals surface area contributed by atoms with Crippen LogP contribution < -0.4 is 5.32 Å². The quantitative estimate of drug-likeness (QED) is 0.790. The van der Waals surface area contributed by atoms with E-state index in [4.69, 9.17) is 4.74 Å². The van der Waals surface area contributed by atoms with Gasteiger partial charge in [-0.25, -0.2) is 4.79 Å². The Kier molecular flexibility index (Phi) is 6.49. The van der Waals surface area contributed by atoms with Gasteiger partial charge < -0.3 is 10.1 Å². The first kappa shape index (κ1) is 17.7. The third kappa shape index (κ3) is 5.19. The molecule has 0 saturated carbocycles. The molecule has 5 nitrogen and oxygen atoms in total. The van der Waals surface area contributed by atoms with Crippen LogP contribution in [0.5, 0.6) is 0 Å². The number of hydrogen-bond acceptors (Lipinski definition) is 4. The number of esters is 1. The lowest BCUT2D eigenvalue weighted by Crippen LogP contribution is -2.16. The Morgan fingerprint density at radius 3 is 2.62 bits per heavy atom. The monoisotopic (exact) mass is 326 g/mol. The van der Waals surface area contributed by atoms with Crippen LogP contribution in [0.25, 0.3) is 0 Å². The lowest BCUT2D eigenvalue weighted by atomic mass is 10.1. The van der Waals surface area contributed by atoms with Crippen molar-refractivity contribution in [2.75, 3.05) is 11.9 Å². The third-order valence-electron chi connectivity index (χ3n) is 3.58. The molecule has 24 heavy (non-hydrogen) atoms. The standard InChI is InChI=1S/C19H22N2O3/c1-3-24-19(23)16-11-12-20-13-17(16)21-18(22)6-4-5-15-9-7-14(2)8-10-15/h7-13H,3-6H2,1-2H3,(H,21,22). The van der Waals surface area contributed by atoms with Crippen LogP contribution in [-0.4, -0.2) is 23.5 Å². The Morgan fingerprint density at radius 2 is 1.92 bits per heavy atom. The van der Waals surface area contributed by atoms with Crippen molar-refractivity contribution in [3.05, 3.63) is 59.4 Å². The summed E-state index contributed by atoms with van der Waals surface area (Å²) in [7, 11) is 0. The summed E-state index contributed by atoms with van der Waals surface area (Å²) in [6.45, 7) is 4.07. The van der Waals surface area contributed by atoms with E-state index in [-0.39, 0.29) is 12.5 Å². The van der Waals surface area contributed by atoms with Crippen LogP contribution in [0.3, 0.4) is 0 Å². The summed E-state index contributed by atoms with van der Waals surface area (Å²) in [6.07, 6.45) is 4.92. The molecule has 1 amide bonds. The molecule has 0 spiro atoms. The summed E-state index contributed by atoms with van der Waals surface area (Å²) in [4.78, 5) is 27.9. The lowest BCUT2D eigenvalue weighted by Gasteiger charge is -2.09. The van der Waals surface area contributed by atoms with Crippen molar-refractivity contribution < 1.29 is 14.3 Å². The molecule has 0 fully saturated rings. The predicted molar refractivity (Wildman–Crippen MR) is 92.9 cm³/mol. The molecule has 2 aromatic rings. The third-order valence-corrected chi connectivity index (χ3v) is 3.58. The molecule has 5 heteroatoms. The van der Waals surface area contributed by atoms with Crippen molar-refractivity contribution in [1.29, 1.82) is 0 Å². The molecule has 0 aliphatic rings. The summed E-state index contributed by atoms with van der Waals surface area (Å²) >= 11 is 0. The molecule has 1 heterocycles. The van der Waals surface area contributed by atoms with Crippen LogP contribution in [0.1, 0.15) is 41.3 Å². The van der Waals surface area contributed by atoms with Gasteiger partial charge in [-0.15, -0.1) is 0 Å². The van der Waals surface area contributed by atoms with Gasteiger partial charge in [0.05, 0.1) is 24.1 Å². The van der Waals surface area contributed by atoms with Gasteiger partial charge in [0.15, 0.2) is 0 Å². The van der Waals surface area contributed by atoms with Crippen molar-refractivity contribution in [2.24, 2.45) is 0 Å². The molecule has 0 saturated heterocycles. The minimum atomic E-state index is -0.463. The summed E-state index contributed by atoms with van der Waals surface area (Å²) in [6, 6.07) is 9.83. The highest BCUT2D eigenvalue weighted by Crippen LogP contribution is 2.16. The first-order valence-corrected chi connectivity index (χ1v) is 8.06. The SMILES string of the molecule is CCOC(=O)c1ccncc1NC(=O)CCCc1ccc(C)cc1. The second-order valence-electron chi connectivity index (χ2n) is 5.53. The minimum absolute atomic E-state index is 0.138. The van der Waals surface area contributed by atoms with Crippen LogP contribution in [0.15, 0.2) is 42.7 Å². The van der Waals surface area contributed by atoms with E-state index < -0.39 is 5.97 Å². The number of aryl methyl sites for hydroxylation is 2. The second kappa shape index (κ2) is 8.82. The molecule has 0 aliphatic carbocycles. The van der Waals surface area contributed by atoms with Gasteiger partial charge in [0.2, 0.25) is 5.91 Å². The molecule has 126 valence electrons. The maximum Gasteiger partial charge on any atom is 0.340 e. The zero-order chi connectivity index (χ0) is 17.4. The van der Waals surface area contributed by atoms with Gasteiger partial charge in [-0.2, -0.15) is 0 Å². The molecule has 0 atom stereocenters. The van der Waals surface area contributed by atoms with E-state index in [2.05, 4.69) is 34.6 Å². The van der Waals surface area contributed by atoms with E-state index in [1.165, 1.54) is 23.5 Å². The number of nitrogens with one attached hydrogen (secondary N) is 1. The number of hydrogen-bond donors (Lipinski definition) is 1. The smallest absolute Gasteiger partial charge is 0.340 e. The van der Waals surface area contributed by atoms with Crippen molar-refractivity contribution >= 4 is 17.6 Å². The summed E-state index contributed by atoms with van der Waals surface area (Å²) in [5.41, 5.74) is 3.14. The number of aromatic nitrogens is 1. The number of ether oxygens (including phenoxy) is 1. The number of pyridine rings is 1. The Morgan fingerprint density at radius 1 is 1.17 bits per heavy atom. The number of carbonyl (C=O) groups is 2. The van der Waals surface area contributed by atoms with E-state index in [9.17, 15) is 9.59 Å². The molecule has 1 N–H and O–H groups in total. The van der Waals surface area contributed by atoms with Crippen LogP contribution in [0.2, 0.25) is 0 Å². The number of nitrogens with zero attached hydrogens (tertiary/aromatic N) is 1. The van der Waals surface area contributed by atoms with Crippen LogP contribution in [0.4, 0.5) is 5.69 Å². The number of carbonyl (C=O) groups excluding carboxylic acids is 2. The largest absolute Gasteiger partial charge is 0.462 e. The van der Waals surface area contributed by atoms with Crippen molar-refractivity contribution in [1.82, 2.24) is 4.98 Å². The summed E-state index contributed by atoms with van der Waals surface area (Å²) in [5.74, 6) is -0.601. The first-order chi connectivity index (χ1) is 11.6. The average molecular weight is 326 g/mol. The highest BCUT2D eigenvalue weighted by Gasteiger charge is 2.14. The van der Waals surface area contributed by atoms with Gasteiger partial charge >= 0.3 is 5.97 Å². The highest BCUT2D eigenvalue weighted by atomic mass is 16.5. The predicted octanol–water partition coefficient (Wildman–Crippen LogP) is 3.53. The van der Waals surface area contributed by atoms with E-state index in [0.717, 1.165) is 12.8 Å². The van der Waals surface area contributed by atoms with Gasteiger partial charge in [0.25, 0.3) is 0 Å². The van der Waals surface area contributed by atoms with Crippen LogP contribution in [0, 0.1) is 6.92 Å². The molecule has 1 aromatic carbocycles. The first-order valence-electron chi connectivity index (χ1n) is 8.06. The van der Waals surface area contributed by atoms with Gasteiger partial charge in [0.1, 0.15) is 0 Å². The Labute approximate surface area is 142 Å². The van der Waals surface area contributed by atoms with Gasteiger partial charge in [-0.3, -0.25) is 9.78 Å². The van der Waals surface area contributed by atoms with E-state index >= 15 is 0 Å². The van der Waals surface area contributed by atoms with E-state index in [1.807, 2.05) is 6.92 Å². The molecule has 0 bridgehead atoms. The Bertz CT molecular complexity index is 696. The second-order valence-corrected chi connectivity index (χ2v) is 5.53. The summed E-state index contributed by atoms with van der Waals surface area (Å²) < 4.78 is 4.98. The zero-order valence-corrected chi connectivity index (χ0v) is 14.0. The highest BCUT2D eigenvalue weighted by molar-refractivity contribution is 6.00. The fourth-order valence-electron chi connectivity index (χ4n) is 2.30. The number of anilines is 1. The molecular formula is C19H22N2O3. The van der Waals surface area contributed by atoms with Crippen LogP contribution >= 0.6 is 0 Å². The normalized spacial score (nSPS) is 10.2. The topological polar surface area (TPSA) is 68.3 Å². The Balaban J connectivity index is 1.88. The van der Waals surface area contributed by atoms with E-state index in [0.29, 0.717) is 17.7 Å². The maximum absolute atomic E-state index is 12.1. The lowest BCUT2D eigenvalue weighted by molar-refractivity contribution is -0.116. The fourth-order valence-corrected chi connectivity index (χ4v) is 2.30. The molecule has 2 rings (SSSR count). The molecular weight excluding hydrogens is 304 g/mol. The van der Waals surface area contributed by atoms with Crippen molar-refractivity contribution in [3.8, 4) is 0 Å². The Hall–Kier alpha value is -2.69. The minimum Gasteiger partial charge on any atom is -0.462 e. The number of rotatable bonds is 7. The van der Waals surface area contributed by atoms with Gasteiger partial charge in [0, 0.05) is 12.6 Å². The molecule has 1 aromatic heterocycles. The summed E-state index contributed by atoms with van der Waals surface area (Å²) in [5, 5.41) is 2.74. The van der Waals surface area contributed by atoms with Gasteiger partial charge in [-0.1, -0.05) is 29.8 Å². The number of benzene rings is 1.